The summed E-state index contributed by atoms with van der Waals surface area (Å²) in [5.41, 5.74) is 1.85. The van der Waals surface area contributed by atoms with Gasteiger partial charge in [-0.25, -0.2) is 0 Å². The lowest BCUT2D eigenvalue weighted by Gasteiger charge is -2.24. The predicted molar refractivity (Wildman–Crippen MR) is 88.2 cm³/mol. The molecule has 7 nitrogen and oxygen atoms in total. The molecule has 4 rings (SSSR count). The maximum atomic E-state index is 12.6. The van der Waals surface area contributed by atoms with Gasteiger partial charge < -0.3 is 13.8 Å². The highest BCUT2D eigenvalue weighted by molar-refractivity contribution is 5.77. The van der Waals surface area contributed by atoms with E-state index in [1.54, 1.807) is 24.8 Å². The van der Waals surface area contributed by atoms with Gasteiger partial charge in [0.1, 0.15) is 6.26 Å². The van der Waals surface area contributed by atoms with E-state index in [0.717, 1.165) is 30.5 Å². The van der Waals surface area contributed by atoms with E-state index in [1.807, 2.05) is 23.2 Å². The first-order valence-corrected chi connectivity index (χ1v) is 8.36. The van der Waals surface area contributed by atoms with Crippen molar-refractivity contribution < 1.29 is 13.7 Å². The molecule has 1 atom stereocenters. The summed E-state index contributed by atoms with van der Waals surface area (Å²) in [6.45, 7) is 0.780. The Kier molecular flexibility index (Phi) is 4.28. The number of carbonyl (C=O) groups excluding carboxylic acids is 1. The second kappa shape index (κ2) is 6.88. The van der Waals surface area contributed by atoms with Crippen LogP contribution in [0.4, 0.5) is 0 Å². The van der Waals surface area contributed by atoms with E-state index in [-0.39, 0.29) is 11.9 Å². The monoisotopic (exact) mass is 338 g/mol. The number of hydrogen-bond acceptors (Lipinski definition) is 6. The third kappa shape index (κ3) is 3.31. The van der Waals surface area contributed by atoms with Gasteiger partial charge in [0.25, 0.3) is 0 Å². The SMILES string of the molecule is O=C(CCc1nc(-c2ccoc2)no1)N1CCCC1c1cccnc1. The number of aryl methyl sites for hydroxylation is 1. The van der Waals surface area contributed by atoms with Crippen molar-refractivity contribution in [3.8, 4) is 11.4 Å². The minimum atomic E-state index is 0.106. The zero-order valence-corrected chi connectivity index (χ0v) is 13.7. The molecule has 3 aromatic rings. The molecule has 25 heavy (non-hydrogen) atoms. The van der Waals surface area contributed by atoms with Crippen LogP contribution < -0.4 is 0 Å². The normalized spacial score (nSPS) is 17.1. The van der Waals surface area contributed by atoms with Crippen LogP contribution in [0.15, 0.2) is 52.1 Å². The molecule has 128 valence electrons. The van der Waals surface area contributed by atoms with Crippen LogP contribution in [0.1, 0.15) is 36.8 Å². The fraction of sp³-hybridized carbons (Fsp3) is 0.333. The third-order valence-corrected chi connectivity index (χ3v) is 4.44. The molecule has 1 aliphatic rings. The van der Waals surface area contributed by atoms with Gasteiger partial charge in [-0.15, -0.1) is 0 Å². The van der Waals surface area contributed by atoms with Crippen LogP contribution in [0.2, 0.25) is 0 Å². The third-order valence-electron chi connectivity index (χ3n) is 4.44. The zero-order valence-electron chi connectivity index (χ0n) is 13.7. The summed E-state index contributed by atoms with van der Waals surface area (Å²) in [5.74, 6) is 1.04. The number of amides is 1. The van der Waals surface area contributed by atoms with Crippen molar-refractivity contribution in [2.45, 2.75) is 31.7 Å². The summed E-state index contributed by atoms with van der Waals surface area (Å²) < 4.78 is 10.2. The fourth-order valence-electron chi connectivity index (χ4n) is 3.21. The molecule has 0 N–H and O–H groups in total. The highest BCUT2D eigenvalue weighted by Gasteiger charge is 2.29. The van der Waals surface area contributed by atoms with Gasteiger partial charge in [-0.2, -0.15) is 4.98 Å². The van der Waals surface area contributed by atoms with E-state index in [4.69, 9.17) is 8.94 Å². The minimum Gasteiger partial charge on any atom is -0.472 e. The van der Waals surface area contributed by atoms with Gasteiger partial charge in [0.2, 0.25) is 17.6 Å². The Hall–Kier alpha value is -2.96. The first-order valence-electron chi connectivity index (χ1n) is 8.36. The number of rotatable bonds is 5. The standard InChI is InChI=1S/C18H18N4O3/c23-17(22-9-2-4-15(22)13-3-1-8-19-11-13)6-5-16-20-18(21-25-16)14-7-10-24-12-14/h1,3,7-8,10-12,15H,2,4-6,9H2. The Labute approximate surface area is 144 Å². The molecule has 1 unspecified atom stereocenters. The molecule has 0 bridgehead atoms. The molecule has 1 fully saturated rings. The number of likely N-dealkylation sites (tertiary alicyclic amines) is 1. The van der Waals surface area contributed by atoms with E-state index in [9.17, 15) is 4.79 Å². The van der Waals surface area contributed by atoms with Crippen LogP contribution in [-0.4, -0.2) is 32.5 Å². The molecular weight excluding hydrogens is 320 g/mol. The summed E-state index contributed by atoms with van der Waals surface area (Å²) >= 11 is 0. The Morgan fingerprint density at radius 2 is 2.32 bits per heavy atom. The van der Waals surface area contributed by atoms with Crippen LogP contribution >= 0.6 is 0 Å². The molecule has 0 radical (unpaired) electrons. The highest BCUT2D eigenvalue weighted by Crippen LogP contribution is 2.32. The van der Waals surface area contributed by atoms with E-state index >= 15 is 0 Å². The molecule has 0 saturated carbocycles. The maximum Gasteiger partial charge on any atom is 0.227 e. The van der Waals surface area contributed by atoms with Gasteiger partial charge in [-0.05, 0) is 30.5 Å². The Morgan fingerprint density at radius 3 is 3.12 bits per heavy atom. The van der Waals surface area contributed by atoms with Gasteiger partial charge in [0.05, 0.1) is 17.9 Å². The molecule has 1 aliphatic heterocycles. The Morgan fingerprint density at radius 1 is 1.36 bits per heavy atom. The second-order valence-electron chi connectivity index (χ2n) is 6.06. The van der Waals surface area contributed by atoms with Crippen molar-refractivity contribution in [3.05, 3.63) is 54.6 Å². The van der Waals surface area contributed by atoms with Crippen molar-refractivity contribution >= 4 is 5.91 Å². The van der Waals surface area contributed by atoms with Gasteiger partial charge in [-0.3, -0.25) is 9.78 Å². The molecule has 7 heteroatoms. The van der Waals surface area contributed by atoms with Crippen LogP contribution in [0.5, 0.6) is 0 Å². The van der Waals surface area contributed by atoms with Crippen molar-refractivity contribution in [1.82, 2.24) is 20.0 Å². The highest BCUT2D eigenvalue weighted by atomic mass is 16.5. The van der Waals surface area contributed by atoms with Crippen LogP contribution in [0.25, 0.3) is 11.4 Å². The molecule has 1 amide bonds. The van der Waals surface area contributed by atoms with Crippen molar-refractivity contribution in [2.75, 3.05) is 6.54 Å². The molecule has 0 aliphatic carbocycles. The van der Waals surface area contributed by atoms with E-state index in [0.29, 0.717) is 24.6 Å². The lowest BCUT2D eigenvalue weighted by atomic mass is 10.1. The average molecular weight is 338 g/mol. The van der Waals surface area contributed by atoms with Crippen LogP contribution in [0.3, 0.4) is 0 Å². The topological polar surface area (TPSA) is 85.3 Å². The molecule has 0 spiro atoms. The minimum absolute atomic E-state index is 0.106. The van der Waals surface area contributed by atoms with E-state index < -0.39 is 0 Å². The van der Waals surface area contributed by atoms with Gasteiger partial charge in [-0.1, -0.05) is 11.2 Å². The maximum absolute atomic E-state index is 12.6. The van der Waals surface area contributed by atoms with E-state index in [2.05, 4.69) is 15.1 Å². The first kappa shape index (κ1) is 15.6. The first-order chi connectivity index (χ1) is 12.3. The summed E-state index contributed by atoms with van der Waals surface area (Å²) in [5, 5.41) is 3.92. The molecule has 3 aromatic heterocycles. The molecule has 4 heterocycles. The number of aromatic nitrogens is 3. The number of carbonyl (C=O) groups is 1. The predicted octanol–water partition coefficient (Wildman–Crippen LogP) is 3.02. The second-order valence-corrected chi connectivity index (χ2v) is 6.06. The number of pyridine rings is 1. The number of furan rings is 1. The molecule has 1 saturated heterocycles. The average Bonchev–Trinajstić information content (AvgIpc) is 3.41. The molecule has 0 aromatic carbocycles. The van der Waals surface area contributed by atoms with Crippen molar-refractivity contribution in [1.29, 1.82) is 0 Å². The number of hydrogen-bond donors (Lipinski definition) is 0. The van der Waals surface area contributed by atoms with Crippen molar-refractivity contribution in [3.63, 3.8) is 0 Å². The van der Waals surface area contributed by atoms with Crippen LogP contribution in [-0.2, 0) is 11.2 Å². The summed E-state index contributed by atoms with van der Waals surface area (Å²) in [4.78, 5) is 23.0. The zero-order chi connectivity index (χ0) is 17.1. The lowest BCUT2D eigenvalue weighted by Crippen LogP contribution is -2.30. The van der Waals surface area contributed by atoms with Crippen LogP contribution in [0, 0.1) is 0 Å². The Bertz CT molecular complexity index is 829. The molecular formula is C18H18N4O3. The van der Waals surface area contributed by atoms with Gasteiger partial charge in [0.15, 0.2) is 0 Å². The fourth-order valence-corrected chi connectivity index (χ4v) is 3.21. The van der Waals surface area contributed by atoms with Gasteiger partial charge >= 0.3 is 0 Å². The quantitative estimate of drug-likeness (QED) is 0.711. The smallest absolute Gasteiger partial charge is 0.227 e. The summed E-state index contributed by atoms with van der Waals surface area (Å²) in [6, 6.07) is 5.82. The van der Waals surface area contributed by atoms with Crippen molar-refractivity contribution in [2.24, 2.45) is 0 Å². The largest absolute Gasteiger partial charge is 0.472 e. The van der Waals surface area contributed by atoms with Gasteiger partial charge in [0, 0.05) is 31.8 Å². The summed E-state index contributed by atoms with van der Waals surface area (Å²) in [6.07, 6.45) is 9.47. The number of nitrogens with zero attached hydrogens (tertiary/aromatic N) is 4. The van der Waals surface area contributed by atoms with E-state index in [1.165, 1.54) is 0 Å². The lowest BCUT2D eigenvalue weighted by molar-refractivity contribution is -0.132. The summed E-state index contributed by atoms with van der Waals surface area (Å²) in [7, 11) is 0. The Balaban J connectivity index is 1.39.